The van der Waals surface area contributed by atoms with Gasteiger partial charge in [0.15, 0.2) is 21.5 Å². The van der Waals surface area contributed by atoms with Gasteiger partial charge in [0.1, 0.15) is 15.9 Å². The SMILES string of the molecule is BrPC=C(c1ccccc1)N1CCCCC1.Br[P+](c1ccccc1)(c1ccccc1)c1ccccc1. The standard InChI is InChI=1S/C18H15BrP.C13H17BrNP/c19-20(16-10-4-1-5-11-16,17-12-6-2-7-13-17)18-14-8-3-9-15-18;14-16-11-13(12-7-3-1-4-8-12)15-9-5-2-6-10-15/h1-15H;1,3-4,7-8,11,16H,2,5-6,9-10H2/q+1;. The van der Waals surface area contributed by atoms with E-state index >= 15 is 0 Å². The molecule has 0 spiro atoms. The second-order valence-electron chi connectivity index (χ2n) is 8.65. The Morgan fingerprint density at radius 1 is 0.611 bits per heavy atom. The quantitative estimate of drug-likeness (QED) is 0.191. The summed E-state index contributed by atoms with van der Waals surface area (Å²) in [6, 6.07) is 42.8. The fourth-order valence-electron chi connectivity index (χ4n) is 4.50. The highest BCUT2D eigenvalue weighted by molar-refractivity contribution is 9.44. The van der Waals surface area contributed by atoms with Gasteiger partial charge in [-0.3, -0.25) is 0 Å². The fraction of sp³-hybridized carbons (Fsp3) is 0.161. The monoisotopic (exact) mass is 638 g/mol. The summed E-state index contributed by atoms with van der Waals surface area (Å²) in [4.78, 5) is 2.52. The molecule has 1 unspecified atom stereocenters. The Bertz CT molecular complexity index is 1100. The second-order valence-corrected chi connectivity index (χ2v) is 16.4. The lowest BCUT2D eigenvalue weighted by Gasteiger charge is -2.31. The Balaban J connectivity index is 0.000000174. The van der Waals surface area contributed by atoms with Crippen LogP contribution in [-0.2, 0) is 0 Å². The van der Waals surface area contributed by atoms with E-state index in [0.29, 0.717) is 7.28 Å². The minimum absolute atomic E-state index is 0.697. The summed E-state index contributed by atoms with van der Waals surface area (Å²) in [5.41, 5.74) is 2.74. The van der Waals surface area contributed by atoms with Gasteiger partial charge in [0.05, 0.1) is 0 Å². The molecule has 4 aromatic carbocycles. The average molecular weight is 640 g/mol. The van der Waals surface area contributed by atoms with Crippen molar-refractivity contribution in [2.75, 3.05) is 13.1 Å². The number of hydrogen-bond acceptors (Lipinski definition) is 1. The van der Waals surface area contributed by atoms with Crippen LogP contribution in [0.15, 0.2) is 127 Å². The number of benzene rings is 4. The third-order valence-corrected chi connectivity index (χ3v) is 14.1. The van der Waals surface area contributed by atoms with E-state index < -0.39 is 5.96 Å². The summed E-state index contributed by atoms with van der Waals surface area (Å²) < 4.78 is 0. The topological polar surface area (TPSA) is 3.24 Å². The van der Waals surface area contributed by atoms with Crippen molar-refractivity contribution in [1.29, 1.82) is 0 Å². The van der Waals surface area contributed by atoms with Crippen molar-refractivity contribution < 1.29 is 0 Å². The minimum atomic E-state index is -1.71. The molecule has 0 aromatic heterocycles. The first-order chi connectivity index (χ1) is 17.7. The van der Waals surface area contributed by atoms with Gasteiger partial charge in [0.2, 0.25) is 0 Å². The molecule has 5 rings (SSSR count). The van der Waals surface area contributed by atoms with E-state index in [-0.39, 0.29) is 0 Å². The van der Waals surface area contributed by atoms with Crippen LogP contribution in [-0.4, -0.2) is 18.0 Å². The first-order valence-corrected chi connectivity index (χ1v) is 19.5. The van der Waals surface area contributed by atoms with Crippen molar-refractivity contribution in [3.63, 3.8) is 0 Å². The van der Waals surface area contributed by atoms with Crippen LogP contribution in [0, 0.1) is 0 Å². The van der Waals surface area contributed by atoms with Gasteiger partial charge in [0, 0.05) is 18.8 Å². The van der Waals surface area contributed by atoms with E-state index in [1.54, 1.807) is 0 Å². The van der Waals surface area contributed by atoms with Gasteiger partial charge in [-0.05, 0) is 74.3 Å². The van der Waals surface area contributed by atoms with Crippen molar-refractivity contribution in [1.82, 2.24) is 4.90 Å². The third kappa shape index (κ3) is 6.96. The van der Waals surface area contributed by atoms with E-state index in [1.165, 1.54) is 59.5 Å². The molecule has 0 saturated carbocycles. The van der Waals surface area contributed by atoms with Gasteiger partial charge in [-0.25, -0.2) is 0 Å². The van der Waals surface area contributed by atoms with Crippen LogP contribution in [0.3, 0.4) is 0 Å². The lowest BCUT2D eigenvalue weighted by atomic mass is 10.1. The minimum Gasteiger partial charge on any atom is -0.371 e. The molecule has 0 amide bonds. The van der Waals surface area contributed by atoms with Crippen LogP contribution in [0.1, 0.15) is 24.8 Å². The highest BCUT2D eigenvalue weighted by Gasteiger charge is 2.43. The van der Waals surface area contributed by atoms with Gasteiger partial charge >= 0.3 is 0 Å². The normalized spacial score (nSPS) is 14.4. The van der Waals surface area contributed by atoms with Crippen LogP contribution in [0.25, 0.3) is 5.70 Å². The Kier molecular flexibility index (Phi) is 10.8. The fourth-order valence-corrected chi connectivity index (χ4v) is 10.4. The molecule has 36 heavy (non-hydrogen) atoms. The maximum Gasteiger partial charge on any atom is 0.181 e. The molecule has 0 radical (unpaired) electrons. The maximum atomic E-state index is 4.12. The first kappa shape index (κ1) is 27.3. The number of rotatable bonds is 6. The molecule has 1 nitrogen and oxygen atoms in total. The summed E-state index contributed by atoms with van der Waals surface area (Å²) >= 11 is 7.66. The molecule has 1 fully saturated rings. The van der Waals surface area contributed by atoms with E-state index in [1.807, 2.05) is 0 Å². The molecule has 0 N–H and O–H groups in total. The van der Waals surface area contributed by atoms with Crippen LogP contribution in [0.4, 0.5) is 0 Å². The van der Waals surface area contributed by atoms with Crippen LogP contribution in [0.2, 0.25) is 0 Å². The summed E-state index contributed by atoms with van der Waals surface area (Å²) in [5, 5.41) is 4.03. The van der Waals surface area contributed by atoms with Crippen molar-refractivity contribution in [2.24, 2.45) is 0 Å². The van der Waals surface area contributed by atoms with Crippen molar-refractivity contribution in [3.05, 3.63) is 133 Å². The molecule has 184 valence electrons. The highest BCUT2D eigenvalue weighted by atomic mass is 79.9. The summed E-state index contributed by atoms with van der Waals surface area (Å²) in [5.74, 6) is 0.592. The number of nitrogens with zero attached hydrogens (tertiary/aromatic N) is 1. The van der Waals surface area contributed by atoms with Crippen LogP contribution in [0.5, 0.6) is 0 Å². The zero-order valence-electron chi connectivity index (χ0n) is 20.3. The number of piperidine rings is 1. The van der Waals surface area contributed by atoms with Gasteiger partial charge in [-0.15, -0.1) is 0 Å². The molecule has 5 heteroatoms. The van der Waals surface area contributed by atoms with E-state index in [0.717, 1.165) is 0 Å². The molecule has 1 atom stereocenters. The molecule has 0 bridgehead atoms. The summed E-state index contributed by atoms with van der Waals surface area (Å²) in [7, 11) is 0.697. The Morgan fingerprint density at radius 2 is 1.00 bits per heavy atom. The lowest BCUT2D eigenvalue weighted by molar-refractivity contribution is 0.326. The molecule has 0 aliphatic carbocycles. The van der Waals surface area contributed by atoms with E-state index in [2.05, 4.69) is 163 Å². The second kappa shape index (κ2) is 14.3. The smallest absolute Gasteiger partial charge is 0.181 e. The highest BCUT2D eigenvalue weighted by Crippen LogP contribution is 2.62. The maximum absolute atomic E-state index is 4.12. The van der Waals surface area contributed by atoms with Crippen molar-refractivity contribution in [3.8, 4) is 0 Å². The predicted molar refractivity (Wildman–Crippen MR) is 171 cm³/mol. The summed E-state index contributed by atoms with van der Waals surface area (Å²) in [6.07, 6.45) is 4.04. The van der Waals surface area contributed by atoms with Gasteiger partial charge < -0.3 is 4.90 Å². The Hall–Kier alpha value is -1.76. The Labute approximate surface area is 234 Å². The average Bonchev–Trinajstić information content (AvgIpc) is 2.98. The molecule has 1 saturated heterocycles. The van der Waals surface area contributed by atoms with Crippen molar-refractivity contribution >= 4 is 65.8 Å². The van der Waals surface area contributed by atoms with Gasteiger partial charge in [-0.2, -0.15) is 0 Å². The zero-order chi connectivity index (χ0) is 25.1. The van der Waals surface area contributed by atoms with Gasteiger partial charge in [-0.1, -0.05) is 100 Å². The largest absolute Gasteiger partial charge is 0.371 e. The molecular weight excluding hydrogens is 608 g/mol. The first-order valence-electron chi connectivity index (χ1n) is 12.4. The number of likely N-dealkylation sites (tertiary alicyclic amines) is 1. The summed E-state index contributed by atoms with van der Waals surface area (Å²) in [6.45, 7) is 2.41. The van der Waals surface area contributed by atoms with Gasteiger partial charge in [0.25, 0.3) is 0 Å². The molecule has 1 aliphatic heterocycles. The van der Waals surface area contributed by atoms with Crippen LogP contribution < -0.4 is 15.9 Å². The zero-order valence-corrected chi connectivity index (χ0v) is 25.4. The van der Waals surface area contributed by atoms with E-state index in [4.69, 9.17) is 0 Å². The number of hydrogen-bond donors (Lipinski definition) is 0. The van der Waals surface area contributed by atoms with Crippen molar-refractivity contribution in [2.45, 2.75) is 19.3 Å². The number of halogens is 2. The lowest BCUT2D eigenvalue weighted by Crippen LogP contribution is -2.28. The third-order valence-electron chi connectivity index (χ3n) is 6.29. The predicted octanol–water partition coefficient (Wildman–Crippen LogP) is 8.75. The van der Waals surface area contributed by atoms with E-state index in [9.17, 15) is 0 Å². The molecule has 1 aliphatic rings. The molecular formula is C31H32Br2NP2+. The molecule has 1 heterocycles. The molecule has 4 aromatic rings. The Morgan fingerprint density at radius 3 is 1.39 bits per heavy atom. The van der Waals surface area contributed by atoms with Crippen LogP contribution >= 0.6 is 44.2 Å².